The van der Waals surface area contributed by atoms with E-state index in [1.165, 1.54) is 24.5 Å². The van der Waals surface area contributed by atoms with Crippen LogP contribution in [0.4, 0.5) is 10.1 Å². The summed E-state index contributed by atoms with van der Waals surface area (Å²) in [5.41, 5.74) is 1.69. The fraction of sp³-hybridized carbons (Fsp3) is 0.160. The number of benzene rings is 2. The van der Waals surface area contributed by atoms with Crippen molar-refractivity contribution >= 4 is 29.4 Å². The van der Waals surface area contributed by atoms with Crippen LogP contribution in [0.1, 0.15) is 27.7 Å². The molecule has 2 amide bonds. The van der Waals surface area contributed by atoms with Gasteiger partial charge in [0.1, 0.15) is 11.9 Å². The molecule has 0 radical (unpaired) electrons. The third-order valence-electron chi connectivity index (χ3n) is 6.59. The number of Topliss-reactive ketones (excluding diaryl/α,β-unsaturated/α-hetero) is 1. The lowest BCUT2D eigenvalue weighted by Crippen LogP contribution is -2.44. The van der Waals surface area contributed by atoms with Crippen LogP contribution in [-0.2, 0) is 9.59 Å². The molecule has 4 heterocycles. The number of hydrogen-bond donors (Lipinski definition) is 0. The highest BCUT2D eigenvalue weighted by Crippen LogP contribution is 2.53. The average Bonchev–Trinajstić information content (AvgIpc) is 3.51. The minimum absolute atomic E-state index is 0.0905. The minimum atomic E-state index is -0.958. The number of amides is 2. The number of halogens is 1. The van der Waals surface area contributed by atoms with Crippen LogP contribution in [0.15, 0.2) is 77.5 Å². The summed E-state index contributed by atoms with van der Waals surface area (Å²) in [5.74, 6) is -3.78. The van der Waals surface area contributed by atoms with E-state index in [4.69, 9.17) is 4.42 Å². The van der Waals surface area contributed by atoms with E-state index in [1.807, 2.05) is 30.3 Å². The molecule has 0 spiro atoms. The maximum absolute atomic E-state index is 14.6. The fourth-order valence-corrected chi connectivity index (χ4v) is 5.29. The molecular weight excluding hydrogens is 411 g/mol. The van der Waals surface area contributed by atoms with Crippen LogP contribution < -0.4 is 4.90 Å². The zero-order valence-electron chi connectivity index (χ0n) is 16.7. The fourth-order valence-electron chi connectivity index (χ4n) is 5.29. The molecule has 7 heteroatoms. The number of ketones is 1. The SMILES string of the molecule is O=C(c1ccco1)[C@@H]1[C@@H]2C(=O)N(c3ccccc3F)C(=O)[C@H]2[C@H]2c3ccccc3C=CN12. The Morgan fingerprint density at radius 1 is 0.906 bits per heavy atom. The second kappa shape index (κ2) is 6.75. The number of carbonyl (C=O) groups is 3. The Morgan fingerprint density at radius 2 is 1.66 bits per heavy atom. The van der Waals surface area contributed by atoms with E-state index in [-0.39, 0.29) is 17.2 Å². The highest BCUT2D eigenvalue weighted by molar-refractivity contribution is 6.24. The van der Waals surface area contributed by atoms with Crippen molar-refractivity contribution in [2.75, 3.05) is 4.90 Å². The van der Waals surface area contributed by atoms with Crippen molar-refractivity contribution < 1.29 is 23.2 Å². The highest BCUT2D eigenvalue weighted by atomic mass is 19.1. The summed E-state index contributed by atoms with van der Waals surface area (Å²) in [6, 6.07) is 15.0. The van der Waals surface area contributed by atoms with Crippen LogP contribution in [0.25, 0.3) is 6.08 Å². The van der Waals surface area contributed by atoms with E-state index < -0.39 is 41.6 Å². The molecular formula is C25H17FN2O4. The summed E-state index contributed by atoms with van der Waals surface area (Å²) in [6.07, 6.45) is 5.04. The topological polar surface area (TPSA) is 70.8 Å². The largest absolute Gasteiger partial charge is 0.461 e. The van der Waals surface area contributed by atoms with Crippen LogP contribution in [0.2, 0.25) is 0 Å². The summed E-state index contributed by atoms with van der Waals surface area (Å²) in [6.45, 7) is 0. The molecule has 32 heavy (non-hydrogen) atoms. The number of anilines is 1. The van der Waals surface area contributed by atoms with E-state index in [2.05, 4.69) is 0 Å². The van der Waals surface area contributed by atoms with Gasteiger partial charge >= 0.3 is 0 Å². The Labute approximate surface area is 182 Å². The second-order valence-corrected chi connectivity index (χ2v) is 8.14. The maximum atomic E-state index is 14.6. The van der Waals surface area contributed by atoms with Gasteiger partial charge in [-0.25, -0.2) is 9.29 Å². The molecule has 0 N–H and O–H groups in total. The molecule has 2 saturated heterocycles. The molecule has 0 bridgehead atoms. The summed E-state index contributed by atoms with van der Waals surface area (Å²) >= 11 is 0. The van der Waals surface area contributed by atoms with Crippen molar-refractivity contribution in [3.8, 4) is 0 Å². The zero-order chi connectivity index (χ0) is 22.0. The molecule has 6 rings (SSSR count). The Morgan fingerprint density at radius 3 is 2.44 bits per heavy atom. The standard InChI is InChI=1S/C25H17FN2O4/c26-16-8-3-4-9-17(16)28-24(30)19-20(25(28)31)22(23(29)18-10-5-13-32-18)27-12-11-14-6-1-2-7-15(14)21(19)27/h1-13,19-22H/t19-,20-,21-,22+/m1/s1. The quantitative estimate of drug-likeness (QED) is 0.469. The van der Waals surface area contributed by atoms with Crippen molar-refractivity contribution in [3.05, 3.63) is 95.8 Å². The van der Waals surface area contributed by atoms with Crippen molar-refractivity contribution in [1.29, 1.82) is 0 Å². The van der Waals surface area contributed by atoms with Gasteiger partial charge < -0.3 is 9.32 Å². The Bertz CT molecular complexity index is 1300. The minimum Gasteiger partial charge on any atom is -0.461 e. The molecule has 0 unspecified atom stereocenters. The molecule has 3 aromatic rings. The lowest BCUT2D eigenvalue weighted by molar-refractivity contribution is -0.123. The van der Waals surface area contributed by atoms with Crippen LogP contribution in [0.5, 0.6) is 0 Å². The number of hydrogen-bond acceptors (Lipinski definition) is 5. The maximum Gasteiger partial charge on any atom is 0.240 e. The molecule has 158 valence electrons. The first-order valence-corrected chi connectivity index (χ1v) is 10.3. The van der Waals surface area contributed by atoms with Gasteiger partial charge in [-0.1, -0.05) is 36.4 Å². The molecule has 3 aliphatic heterocycles. The monoisotopic (exact) mass is 428 g/mol. The Hall–Kier alpha value is -4.00. The molecule has 2 fully saturated rings. The first-order chi connectivity index (χ1) is 15.6. The van der Waals surface area contributed by atoms with Gasteiger partial charge in [-0.2, -0.15) is 0 Å². The van der Waals surface area contributed by atoms with Crippen molar-refractivity contribution in [2.24, 2.45) is 11.8 Å². The van der Waals surface area contributed by atoms with E-state index in [1.54, 1.807) is 29.3 Å². The number of furan rings is 1. The Kier molecular flexibility index (Phi) is 3.95. The molecule has 4 atom stereocenters. The highest BCUT2D eigenvalue weighted by Gasteiger charge is 2.65. The van der Waals surface area contributed by atoms with E-state index >= 15 is 0 Å². The van der Waals surface area contributed by atoms with E-state index in [0.717, 1.165) is 16.0 Å². The normalized spacial score (nSPS) is 25.7. The van der Waals surface area contributed by atoms with Gasteiger partial charge in [0.25, 0.3) is 0 Å². The summed E-state index contributed by atoms with van der Waals surface area (Å²) in [7, 11) is 0. The van der Waals surface area contributed by atoms with Crippen molar-refractivity contribution in [1.82, 2.24) is 4.90 Å². The number of fused-ring (bicyclic) bond motifs is 5. The molecule has 3 aliphatic rings. The van der Waals surface area contributed by atoms with Gasteiger partial charge in [0, 0.05) is 6.20 Å². The molecule has 0 aliphatic carbocycles. The van der Waals surface area contributed by atoms with Gasteiger partial charge in [-0.15, -0.1) is 0 Å². The predicted molar refractivity (Wildman–Crippen MR) is 113 cm³/mol. The third-order valence-corrected chi connectivity index (χ3v) is 6.59. The van der Waals surface area contributed by atoms with Gasteiger partial charge in [0.05, 0.1) is 29.8 Å². The van der Waals surface area contributed by atoms with Gasteiger partial charge in [0.2, 0.25) is 17.6 Å². The average molecular weight is 428 g/mol. The molecule has 2 aromatic carbocycles. The lowest BCUT2D eigenvalue weighted by Gasteiger charge is -2.35. The first-order valence-electron chi connectivity index (χ1n) is 10.3. The first kappa shape index (κ1) is 18.7. The summed E-state index contributed by atoms with van der Waals surface area (Å²) < 4.78 is 19.9. The van der Waals surface area contributed by atoms with Crippen LogP contribution >= 0.6 is 0 Å². The molecule has 6 nitrogen and oxygen atoms in total. The Balaban J connectivity index is 1.52. The number of carbonyl (C=O) groups excluding carboxylic acids is 3. The number of para-hydroxylation sites is 1. The summed E-state index contributed by atoms with van der Waals surface area (Å²) in [4.78, 5) is 43.4. The summed E-state index contributed by atoms with van der Waals surface area (Å²) in [5, 5.41) is 0. The van der Waals surface area contributed by atoms with E-state index in [9.17, 15) is 18.8 Å². The lowest BCUT2D eigenvalue weighted by atomic mass is 9.84. The van der Waals surface area contributed by atoms with Crippen LogP contribution in [0, 0.1) is 17.7 Å². The smallest absolute Gasteiger partial charge is 0.240 e. The van der Waals surface area contributed by atoms with Crippen molar-refractivity contribution in [3.63, 3.8) is 0 Å². The van der Waals surface area contributed by atoms with Gasteiger partial charge in [-0.3, -0.25) is 14.4 Å². The second-order valence-electron chi connectivity index (χ2n) is 8.14. The number of nitrogens with zero attached hydrogens (tertiary/aromatic N) is 2. The predicted octanol–water partition coefficient (Wildman–Crippen LogP) is 3.82. The molecule has 0 saturated carbocycles. The van der Waals surface area contributed by atoms with Crippen LogP contribution in [-0.4, -0.2) is 28.5 Å². The zero-order valence-corrected chi connectivity index (χ0v) is 16.7. The number of rotatable bonds is 3. The van der Waals surface area contributed by atoms with Gasteiger partial charge in [-0.05, 0) is 41.5 Å². The van der Waals surface area contributed by atoms with Crippen molar-refractivity contribution in [2.45, 2.75) is 12.1 Å². The third kappa shape index (κ3) is 2.42. The van der Waals surface area contributed by atoms with E-state index in [0.29, 0.717) is 0 Å². The molecule has 1 aromatic heterocycles. The number of imide groups is 1. The van der Waals surface area contributed by atoms with Crippen LogP contribution in [0.3, 0.4) is 0 Å². The van der Waals surface area contributed by atoms with Gasteiger partial charge in [0.15, 0.2) is 5.76 Å².